The van der Waals surface area contributed by atoms with Crippen molar-refractivity contribution < 1.29 is 9.47 Å². The maximum atomic E-state index is 6.29. The van der Waals surface area contributed by atoms with E-state index in [-0.39, 0.29) is 17.8 Å². The second-order valence-electron chi connectivity index (χ2n) is 7.76. The topological polar surface area (TPSA) is 21.7 Å². The SMILES string of the molecule is COc1cccc2c1Oc1ccccc1C21CCN(CC2CC2)CC1.Cl. The zero-order valence-electron chi connectivity index (χ0n) is 15.2. The van der Waals surface area contributed by atoms with E-state index in [1.807, 2.05) is 6.07 Å². The highest BCUT2D eigenvalue weighted by atomic mass is 35.5. The molecule has 4 heteroatoms. The zero-order valence-corrected chi connectivity index (χ0v) is 16.1. The number of fused-ring (bicyclic) bond motifs is 4. The van der Waals surface area contributed by atoms with Crippen LogP contribution in [0.1, 0.15) is 36.8 Å². The molecule has 0 amide bonds. The van der Waals surface area contributed by atoms with Gasteiger partial charge in [-0.05, 0) is 56.8 Å². The van der Waals surface area contributed by atoms with Gasteiger partial charge in [-0.15, -0.1) is 12.4 Å². The molecule has 1 aliphatic carbocycles. The molecule has 138 valence electrons. The Hall–Kier alpha value is -1.71. The fourth-order valence-corrected chi connectivity index (χ4v) is 4.69. The highest BCUT2D eigenvalue weighted by Gasteiger charge is 2.45. The Bertz CT molecular complexity index is 794. The van der Waals surface area contributed by atoms with Crippen molar-refractivity contribution in [2.45, 2.75) is 31.1 Å². The standard InChI is InChI=1S/C22H25NO2.ClH/c1-24-20-8-4-6-18-21(20)25-19-7-3-2-5-17(19)22(18)11-13-23(14-12-22)15-16-9-10-16;/h2-8,16H,9-15H2,1H3;1H. The van der Waals surface area contributed by atoms with Crippen LogP contribution in [0.2, 0.25) is 0 Å². The summed E-state index contributed by atoms with van der Waals surface area (Å²) in [5.74, 6) is 3.71. The molecule has 0 radical (unpaired) electrons. The van der Waals surface area contributed by atoms with Gasteiger partial charge >= 0.3 is 0 Å². The number of hydrogen-bond donors (Lipinski definition) is 0. The Morgan fingerprint density at radius 2 is 1.77 bits per heavy atom. The summed E-state index contributed by atoms with van der Waals surface area (Å²) in [6.07, 6.45) is 5.16. The zero-order chi connectivity index (χ0) is 16.9. The van der Waals surface area contributed by atoms with E-state index < -0.39 is 0 Å². The predicted molar refractivity (Wildman–Crippen MR) is 106 cm³/mol. The quantitative estimate of drug-likeness (QED) is 0.756. The summed E-state index contributed by atoms with van der Waals surface area (Å²) in [5.41, 5.74) is 2.71. The number of hydrogen-bond acceptors (Lipinski definition) is 3. The second kappa shape index (κ2) is 6.79. The first-order valence-electron chi connectivity index (χ1n) is 9.47. The van der Waals surface area contributed by atoms with Crippen molar-refractivity contribution >= 4 is 12.4 Å². The van der Waals surface area contributed by atoms with Crippen LogP contribution >= 0.6 is 12.4 Å². The lowest BCUT2D eigenvalue weighted by Gasteiger charge is -2.46. The van der Waals surface area contributed by atoms with Crippen molar-refractivity contribution in [1.29, 1.82) is 0 Å². The van der Waals surface area contributed by atoms with Crippen molar-refractivity contribution in [1.82, 2.24) is 4.90 Å². The van der Waals surface area contributed by atoms with Crippen molar-refractivity contribution in [2.24, 2.45) is 5.92 Å². The Balaban J connectivity index is 0.00000168. The van der Waals surface area contributed by atoms with Gasteiger partial charge in [0.25, 0.3) is 0 Å². The average Bonchev–Trinajstić information content (AvgIpc) is 3.47. The van der Waals surface area contributed by atoms with Gasteiger partial charge in [-0.3, -0.25) is 0 Å². The summed E-state index contributed by atoms with van der Waals surface area (Å²) in [6.45, 7) is 3.63. The number of halogens is 1. The van der Waals surface area contributed by atoms with Crippen LogP contribution < -0.4 is 9.47 Å². The molecular formula is C22H26ClNO2. The molecule has 0 N–H and O–H groups in total. The Kier molecular flexibility index (Phi) is 4.62. The smallest absolute Gasteiger partial charge is 0.173 e. The molecule has 3 nitrogen and oxygen atoms in total. The fourth-order valence-electron chi connectivity index (χ4n) is 4.69. The molecule has 2 heterocycles. The van der Waals surface area contributed by atoms with Crippen LogP contribution in [-0.4, -0.2) is 31.6 Å². The monoisotopic (exact) mass is 371 g/mol. The number of likely N-dealkylation sites (tertiary alicyclic amines) is 1. The third-order valence-electron chi connectivity index (χ3n) is 6.25. The largest absolute Gasteiger partial charge is 0.493 e. The number of benzene rings is 2. The number of para-hydroxylation sites is 2. The van der Waals surface area contributed by atoms with E-state index >= 15 is 0 Å². The lowest BCUT2D eigenvalue weighted by molar-refractivity contribution is 0.165. The van der Waals surface area contributed by atoms with Crippen molar-refractivity contribution in [2.75, 3.05) is 26.7 Å². The van der Waals surface area contributed by atoms with Gasteiger partial charge in [-0.1, -0.05) is 30.3 Å². The van der Waals surface area contributed by atoms with E-state index in [1.165, 1.54) is 43.6 Å². The summed E-state index contributed by atoms with van der Waals surface area (Å²) in [4.78, 5) is 2.67. The van der Waals surface area contributed by atoms with E-state index in [1.54, 1.807) is 7.11 Å². The van der Waals surface area contributed by atoms with Crippen LogP contribution in [0, 0.1) is 5.92 Å². The van der Waals surface area contributed by atoms with Gasteiger partial charge in [-0.2, -0.15) is 0 Å². The molecule has 2 aliphatic heterocycles. The van der Waals surface area contributed by atoms with E-state index in [0.29, 0.717) is 0 Å². The van der Waals surface area contributed by atoms with Crippen LogP contribution in [0.15, 0.2) is 42.5 Å². The van der Waals surface area contributed by atoms with E-state index in [2.05, 4.69) is 41.3 Å². The van der Waals surface area contributed by atoms with Gasteiger partial charge < -0.3 is 14.4 Å². The Labute approximate surface area is 161 Å². The second-order valence-corrected chi connectivity index (χ2v) is 7.76. The maximum absolute atomic E-state index is 6.29. The normalized spacial score (nSPS) is 20.5. The minimum absolute atomic E-state index is 0. The van der Waals surface area contributed by atoms with Gasteiger partial charge in [0.05, 0.1) is 7.11 Å². The summed E-state index contributed by atoms with van der Waals surface area (Å²) in [5, 5.41) is 0. The summed E-state index contributed by atoms with van der Waals surface area (Å²) < 4.78 is 11.9. The molecule has 3 aliphatic rings. The number of rotatable bonds is 3. The van der Waals surface area contributed by atoms with Crippen molar-refractivity contribution in [3.05, 3.63) is 53.6 Å². The third-order valence-corrected chi connectivity index (χ3v) is 6.25. The summed E-state index contributed by atoms with van der Waals surface area (Å²) >= 11 is 0. The molecule has 5 rings (SSSR count). The van der Waals surface area contributed by atoms with Gasteiger partial charge in [-0.25, -0.2) is 0 Å². The lowest BCUT2D eigenvalue weighted by atomic mass is 9.66. The van der Waals surface area contributed by atoms with Crippen LogP contribution in [0.5, 0.6) is 17.2 Å². The Morgan fingerprint density at radius 1 is 1.04 bits per heavy atom. The van der Waals surface area contributed by atoms with Crippen LogP contribution in [0.3, 0.4) is 0 Å². The van der Waals surface area contributed by atoms with Gasteiger partial charge in [0, 0.05) is 23.1 Å². The highest BCUT2D eigenvalue weighted by molar-refractivity contribution is 5.85. The van der Waals surface area contributed by atoms with Crippen molar-refractivity contribution in [3.63, 3.8) is 0 Å². The van der Waals surface area contributed by atoms with E-state index in [4.69, 9.17) is 9.47 Å². The third kappa shape index (κ3) is 2.78. The minimum Gasteiger partial charge on any atom is -0.493 e. The summed E-state index contributed by atoms with van der Waals surface area (Å²) in [6, 6.07) is 14.9. The molecule has 0 aromatic heterocycles. The van der Waals surface area contributed by atoms with Gasteiger partial charge in [0.1, 0.15) is 5.75 Å². The van der Waals surface area contributed by atoms with Crippen LogP contribution in [0.25, 0.3) is 0 Å². The fraction of sp³-hybridized carbons (Fsp3) is 0.455. The molecule has 2 aromatic carbocycles. The Morgan fingerprint density at radius 3 is 2.50 bits per heavy atom. The first kappa shape index (κ1) is 17.7. The number of methoxy groups -OCH3 is 1. The van der Waals surface area contributed by atoms with E-state index in [9.17, 15) is 0 Å². The lowest BCUT2D eigenvalue weighted by Crippen LogP contribution is -2.45. The highest BCUT2D eigenvalue weighted by Crippen LogP contribution is 2.55. The first-order valence-corrected chi connectivity index (χ1v) is 9.47. The predicted octanol–water partition coefficient (Wildman–Crippen LogP) is 5.01. The van der Waals surface area contributed by atoms with Gasteiger partial charge in [0.2, 0.25) is 0 Å². The van der Waals surface area contributed by atoms with Gasteiger partial charge in [0.15, 0.2) is 11.5 Å². The average molecular weight is 372 g/mol. The molecule has 26 heavy (non-hydrogen) atoms. The number of ether oxygens (including phenoxy) is 2. The van der Waals surface area contributed by atoms with Crippen LogP contribution in [0.4, 0.5) is 0 Å². The molecule has 1 saturated carbocycles. The van der Waals surface area contributed by atoms with E-state index in [0.717, 1.165) is 36.0 Å². The molecule has 2 fully saturated rings. The number of piperidine rings is 1. The van der Waals surface area contributed by atoms with Crippen molar-refractivity contribution in [3.8, 4) is 17.2 Å². The first-order chi connectivity index (χ1) is 12.3. The number of nitrogens with zero attached hydrogens (tertiary/aromatic N) is 1. The summed E-state index contributed by atoms with van der Waals surface area (Å²) in [7, 11) is 1.73. The molecule has 0 unspecified atom stereocenters. The maximum Gasteiger partial charge on any atom is 0.173 e. The molecule has 2 aromatic rings. The minimum atomic E-state index is 0. The molecule has 1 spiro atoms. The molecule has 0 bridgehead atoms. The molecule has 1 saturated heterocycles. The molecular weight excluding hydrogens is 346 g/mol. The molecule has 0 atom stereocenters. The van der Waals surface area contributed by atoms with Crippen LogP contribution in [-0.2, 0) is 5.41 Å².